The van der Waals surface area contributed by atoms with Gasteiger partial charge < -0.3 is 46.8 Å². The van der Waals surface area contributed by atoms with Crippen LogP contribution in [0.2, 0.25) is 0 Å². The largest absolute Gasteiger partial charge is 0.480 e. The van der Waals surface area contributed by atoms with Crippen molar-refractivity contribution in [2.24, 2.45) is 11.7 Å². The van der Waals surface area contributed by atoms with Crippen molar-refractivity contribution in [3.8, 4) is 0 Å². The number of nitrogens with zero attached hydrogens (tertiary/aromatic N) is 1. The highest BCUT2D eigenvalue weighted by Crippen LogP contribution is 2.08. The highest BCUT2D eigenvalue weighted by molar-refractivity contribution is 5.97. The van der Waals surface area contributed by atoms with E-state index in [1.54, 1.807) is 26.0 Å². The molecule has 0 aliphatic rings. The van der Waals surface area contributed by atoms with Crippen molar-refractivity contribution in [2.45, 2.75) is 90.0 Å². The fourth-order valence-electron chi connectivity index (χ4n) is 4.23. The first kappa shape index (κ1) is 37.0. The molecule has 2 rings (SSSR count). The summed E-state index contributed by atoms with van der Waals surface area (Å²) in [6, 6.07) is -2.93. The van der Waals surface area contributed by atoms with Gasteiger partial charge in [-0.15, -0.1) is 0 Å². The topological polar surface area (TPSA) is 268 Å². The predicted molar refractivity (Wildman–Crippen MR) is 161 cm³/mol. The van der Waals surface area contributed by atoms with E-state index < -0.39 is 78.0 Å². The fraction of sp³-hybridized carbons (Fsp3) is 0.517. The third-order valence-corrected chi connectivity index (χ3v) is 6.67. The van der Waals surface area contributed by atoms with Gasteiger partial charge >= 0.3 is 5.97 Å². The number of furan rings is 1. The number of nitrogens with one attached hydrogen (secondary N) is 6. The van der Waals surface area contributed by atoms with Gasteiger partial charge in [-0.3, -0.25) is 33.6 Å². The van der Waals surface area contributed by atoms with Crippen LogP contribution in [0.3, 0.4) is 0 Å². The molecule has 0 bridgehead atoms. The average Bonchev–Trinajstić information content (AvgIpc) is 3.69. The van der Waals surface area contributed by atoms with Crippen LogP contribution in [0.5, 0.6) is 0 Å². The van der Waals surface area contributed by atoms with Gasteiger partial charge in [-0.1, -0.05) is 13.8 Å². The number of aliphatic carboxylic acids is 1. The number of carboxylic acids is 1. The lowest BCUT2D eigenvalue weighted by Crippen LogP contribution is -2.59. The molecule has 0 radical (unpaired) electrons. The van der Waals surface area contributed by atoms with Gasteiger partial charge in [0.25, 0.3) is 0 Å². The molecule has 0 aromatic carbocycles. The lowest BCUT2D eigenvalue weighted by atomic mass is 10.0. The van der Waals surface area contributed by atoms with E-state index in [0.717, 1.165) is 0 Å². The Morgan fingerprint density at radius 2 is 1.50 bits per heavy atom. The number of carboxylic acid groups (broad SMARTS) is 1. The molecule has 2 heterocycles. The Morgan fingerprint density at radius 3 is 2.07 bits per heavy atom. The summed E-state index contributed by atoms with van der Waals surface area (Å²) in [6.07, 6.45) is 4.01. The number of amides is 6. The smallest absolute Gasteiger partial charge is 0.325 e. The van der Waals surface area contributed by atoms with Gasteiger partial charge in [-0.05, 0) is 38.3 Å². The number of H-pyrrole nitrogens is 1. The van der Waals surface area contributed by atoms with E-state index in [9.17, 15) is 33.6 Å². The number of carbonyl (C=O) groups is 7. The summed E-state index contributed by atoms with van der Waals surface area (Å²) in [4.78, 5) is 94.7. The maximum absolute atomic E-state index is 13.5. The van der Waals surface area contributed by atoms with E-state index in [1.165, 1.54) is 32.6 Å². The summed E-state index contributed by atoms with van der Waals surface area (Å²) in [5.74, 6) is -5.44. The Labute approximate surface area is 265 Å². The number of primary amides is 1. The third-order valence-electron chi connectivity index (χ3n) is 6.67. The lowest BCUT2D eigenvalue weighted by Gasteiger charge is -2.26. The van der Waals surface area contributed by atoms with Crippen molar-refractivity contribution in [3.63, 3.8) is 0 Å². The second-order valence-electron chi connectivity index (χ2n) is 11.2. The van der Waals surface area contributed by atoms with Gasteiger partial charge in [0.15, 0.2) is 0 Å². The molecule has 5 atom stereocenters. The second-order valence-corrected chi connectivity index (χ2v) is 11.2. The van der Waals surface area contributed by atoms with Crippen LogP contribution < -0.4 is 32.3 Å². The molecule has 6 amide bonds. The number of imidazole rings is 1. The highest BCUT2D eigenvalue weighted by Gasteiger charge is 2.32. The van der Waals surface area contributed by atoms with Crippen molar-refractivity contribution in [1.29, 1.82) is 0 Å². The zero-order valence-corrected chi connectivity index (χ0v) is 26.1. The molecule has 0 saturated heterocycles. The summed E-state index contributed by atoms with van der Waals surface area (Å²) in [5, 5.41) is 21.4. The van der Waals surface area contributed by atoms with Crippen LogP contribution in [-0.4, -0.2) is 86.7 Å². The van der Waals surface area contributed by atoms with Crippen LogP contribution >= 0.6 is 0 Å². The van der Waals surface area contributed by atoms with Crippen LogP contribution in [0.4, 0.5) is 0 Å². The summed E-state index contributed by atoms with van der Waals surface area (Å²) < 4.78 is 5.20. The molecule has 0 aliphatic heterocycles. The minimum atomic E-state index is -1.55. The Morgan fingerprint density at radius 1 is 0.870 bits per heavy atom. The molecule has 9 N–H and O–H groups in total. The standard InChI is InChI=1S/C29H42N8O9/c1-15(2)10-20(26(41)34-17(4)29(44)45)36-28(43)22(12-23(30)38)37-27(42)21(11-18-13-31-14-32-18)35-25(40)16(3)33-24(39)8-7-19-6-5-9-46-19/h5-6,9,13-17,20-22H,7-8,10-12H2,1-4H3,(H2,30,38)(H,31,32)(H,33,39)(H,34,41)(H,35,40)(H,36,43)(H,37,42)(H,44,45)/t16-,17-,20-,21-,22-/m0/s1. The van der Waals surface area contributed by atoms with Gasteiger partial charge in [-0.25, -0.2) is 4.98 Å². The first-order chi connectivity index (χ1) is 21.7. The molecular formula is C29H42N8O9. The molecule has 0 spiro atoms. The number of aryl methyl sites for hydroxylation is 1. The molecule has 0 fully saturated rings. The first-order valence-electron chi connectivity index (χ1n) is 14.7. The molecule has 0 unspecified atom stereocenters. The molecule has 0 aliphatic carbocycles. The summed E-state index contributed by atoms with van der Waals surface area (Å²) >= 11 is 0. The predicted octanol–water partition coefficient (Wildman–Crippen LogP) is -1.35. The number of aromatic nitrogens is 2. The lowest BCUT2D eigenvalue weighted by molar-refractivity contribution is -0.142. The zero-order chi connectivity index (χ0) is 34.4. The van der Waals surface area contributed by atoms with Gasteiger partial charge in [-0.2, -0.15) is 0 Å². The molecule has 17 nitrogen and oxygen atoms in total. The summed E-state index contributed by atoms with van der Waals surface area (Å²) in [5.41, 5.74) is 5.79. The van der Waals surface area contributed by atoms with Crippen molar-refractivity contribution in [1.82, 2.24) is 36.6 Å². The number of rotatable bonds is 19. The molecule has 17 heteroatoms. The van der Waals surface area contributed by atoms with Gasteiger partial charge in [0, 0.05) is 31.2 Å². The SMILES string of the molecule is CC(C)C[C@H](NC(=O)[C@H](CC(N)=O)NC(=O)[C@H](Cc1cnc[nH]1)NC(=O)[C@H](C)NC(=O)CCc1ccco1)C(=O)N[C@@H](C)C(=O)O. The van der Waals surface area contributed by atoms with Crippen molar-refractivity contribution < 1.29 is 43.1 Å². The van der Waals surface area contributed by atoms with Crippen LogP contribution in [0.15, 0.2) is 35.3 Å². The molecular weight excluding hydrogens is 604 g/mol. The molecule has 0 saturated carbocycles. The number of aromatic amines is 1. The Kier molecular flexibility index (Phi) is 14.4. The maximum atomic E-state index is 13.5. The van der Waals surface area contributed by atoms with Crippen LogP contribution in [0.1, 0.15) is 58.4 Å². The Balaban J connectivity index is 2.16. The van der Waals surface area contributed by atoms with E-state index in [1.807, 2.05) is 0 Å². The first-order valence-corrected chi connectivity index (χ1v) is 14.7. The van der Waals surface area contributed by atoms with Crippen LogP contribution in [-0.2, 0) is 46.4 Å². The van der Waals surface area contributed by atoms with Crippen LogP contribution in [0, 0.1) is 5.92 Å². The summed E-state index contributed by atoms with van der Waals surface area (Å²) in [6.45, 7) is 6.24. The van der Waals surface area contributed by atoms with Crippen LogP contribution in [0.25, 0.3) is 0 Å². The minimum Gasteiger partial charge on any atom is -0.480 e. The van der Waals surface area contributed by atoms with E-state index in [2.05, 4.69) is 36.6 Å². The van der Waals surface area contributed by atoms with Gasteiger partial charge in [0.05, 0.1) is 19.0 Å². The molecule has 2 aromatic heterocycles. The number of nitrogens with two attached hydrogens (primary N) is 1. The number of hydrogen-bond acceptors (Lipinski definition) is 9. The molecule has 46 heavy (non-hydrogen) atoms. The van der Waals surface area contributed by atoms with Gasteiger partial charge in [0.1, 0.15) is 36.0 Å². The Bertz CT molecular complexity index is 1340. The van der Waals surface area contributed by atoms with E-state index in [0.29, 0.717) is 17.9 Å². The highest BCUT2D eigenvalue weighted by atomic mass is 16.4. The van der Waals surface area contributed by atoms with Gasteiger partial charge in [0.2, 0.25) is 35.4 Å². The normalized spacial score (nSPS) is 14.2. The molecule has 2 aromatic rings. The number of hydrogen-bond donors (Lipinski definition) is 8. The quantitative estimate of drug-likeness (QED) is 0.0889. The van der Waals surface area contributed by atoms with Crippen molar-refractivity contribution >= 4 is 41.4 Å². The second kappa shape index (κ2) is 17.9. The number of carbonyl (C=O) groups excluding carboxylic acids is 6. The third kappa shape index (κ3) is 12.8. The van der Waals surface area contributed by atoms with E-state index >= 15 is 0 Å². The average molecular weight is 647 g/mol. The van der Waals surface area contributed by atoms with Crippen molar-refractivity contribution in [3.05, 3.63) is 42.4 Å². The zero-order valence-electron chi connectivity index (χ0n) is 26.1. The summed E-state index contributed by atoms with van der Waals surface area (Å²) in [7, 11) is 0. The van der Waals surface area contributed by atoms with E-state index in [-0.39, 0.29) is 25.2 Å². The minimum absolute atomic E-state index is 0.0537. The molecule has 252 valence electrons. The van der Waals surface area contributed by atoms with Crippen molar-refractivity contribution in [2.75, 3.05) is 0 Å². The van der Waals surface area contributed by atoms with E-state index in [4.69, 9.17) is 15.3 Å². The maximum Gasteiger partial charge on any atom is 0.325 e. The Hall–Kier alpha value is -5.22. The fourth-order valence-corrected chi connectivity index (χ4v) is 4.23. The monoisotopic (exact) mass is 646 g/mol.